The molecular weight excluding hydrogens is 282 g/mol. The second-order valence-electron chi connectivity index (χ2n) is 6.75. The van der Waals surface area contributed by atoms with Crippen molar-refractivity contribution in [2.45, 2.75) is 58.4 Å². The number of carbonyl (C=O) groups is 1. The van der Waals surface area contributed by atoms with Gasteiger partial charge in [-0.25, -0.2) is 0 Å². The first-order valence-corrected chi connectivity index (χ1v) is 10.2. The van der Waals surface area contributed by atoms with Crippen molar-refractivity contribution in [3.05, 3.63) is 29.6 Å². The average molecular weight is 309 g/mol. The highest BCUT2D eigenvalue weighted by atomic mass is 28.4. The Balaban J connectivity index is 2.63. The summed E-state index contributed by atoms with van der Waals surface area (Å²) in [5.41, 5.74) is 1.82. The molecule has 1 rings (SSSR count). The van der Waals surface area contributed by atoms with Gasteiger partial charge in [0.1, 0.15) is 0 Å². The van der Waals surface area contributed by atoms with Crippen molar-refractivity contribution in [3.63, 3.8) is 0 Å². The number of ether oxygens (including phenoxy) is 1. The van der Waals surface area contributed by atoms with Crippen LogP contribution in [0.25, 0.3) is 0 Å². The number of hydrogen-bond donors (Lipinski definition) is 0. The number of esters is 1. The lowest BCUT2D eigenvalue weighted by atomic mass is 10.2. The molecule has 0 aliphatic heterocycles. The zero-order valence-electron chi connectivity index (χ0n) is 14.0. The van der Waals surface area contributed by atoms with E-state index in [0.29, 0.717) is 19.4 Å². The first-order valence-electron chi connectivity index (χ1n) is 7.31. The largest absolute Gasteiger partial charge is 0.469 e. The number of aryl methyl sites for hydroxylation is 1. The second kappa shape index (κ2) is 7.18. The predicted molar refractivity (Wildman–Crippen MR) is 86.6 cm³/mol. The molecule has 0 amide bonds. The quantitative estimate of drug-likeness (QED) is 0.594. The third-order valence-electron chi connectivity index (χ3n) is 4.06. The summed E-state index contributed by atoms with van der Waals surface area (Å²) >= 11 is 0. The van der Waals surface area contributed by atoms with Crippen LogP contribution in [-0.4, -0.2) is 26.4 Å². The molecule has 0 N–H and O–H groups in total. The van der Waals surface area contributed by atoms with Gasteiger partial charge in [0, 0.05) is 12.1 Å². The number of pyridine rings is 1. The smallest absolute Gasteiger partial charge is 0.305 e. The fraction of sp³-hybridized carbons (Fsp3) is 0.625. The molecule has 1 aromatic heterocycles. The molecule has 0 bridgehead atoms. The number of nitrogens with zero attached hydrogens (tertiary/aromatic N) is 1. The standard InChI is InChI=1S/C16H27NO3Si/c1-16(2,3)21(5,6)20-12-14-9-7-8-13(17-14)10-11-15(18)19-4/h7-9H,10-12H2,1-6H3. The highest BCUT2D eigenvalue weighted by Crippen LogP contribution is 2.36. The van der Waals surface area contributed by atoms with Crippen molar-refractivity contribution >= 4 is 14.3 Å². The normalized spacial score (nSPS) is 12.3. The Morgan fingerprint density at radius 2 is 1.86 bits per heavy atom. The number of methoxy groups -OCH3 is 1. The number of carbonyl (C=O) groups excluding carboxylic acids is 1. The zero-order chi connectivity index (χ0) is 16.1. The molecule has 0 spiro atoms. The van der Waals surface area contributed by atoms with E-state index in [2.05, 4.69) is 43.6 Å². The first-order chi connectivity index (χ1) is 9.65. The molecule has 5 heteroatoms. The third kappa shape index (κ3) is 5.59. The zero-order valence-corrected chi connectivity index (χ0v) is 15.0. The van der Waals surface area contributed by atoms with Crippen LogP contribution in [-0.2, 0) is 27.0 Å². The average Bonchev–Trinajstić information content (AvgIpc) is 2.42. The van der Waals surface area contributed by atoms with Crippen LogP contribution in [0, 0.1) is 0 Å². The maximum atomic E-state index is 11.2. The van der Waals surface area contributed by atoms with Crippen LogP contribution < -0.4 is 0 Å². The topological polar surface area (TPSA) is 48.4 Å². The molecule has 0 saturated carbocycles. The fourth-order valence-corrected chi connectivity index (χ4v) is 2.49. The summed E-state index contributed by atoms with van der Waals surface area (Å²) in [5.74, 6) is -0.209. The molecule has 0 atom stereocenters. The van der Waals surface area contributed by atoms with Crippen LogP contribution in [0.4, 0.5) is 0 Å². The summed E-state index contributed by atoms with van der Waals surface area (Å²) in [7, 11) is -0.359. The van der Waals surface area contributed by atoms with Gasteiger partial charge >= 0.3 is 5.97 Å². The molecule has 0 saturated heterocycles. The lowest BCUT2D eigenvalue weighted by molar-refractivity contribution is -0.140. The Kier molecular flexibility index (Phi) is 6.10. The highest BCUT2D eigenvalue weighted by molar-refractivity contribution is 6.74. The molecular formula is C16H27NO3Si. The Morgan fingerprint density at radius 3 is 2.43 bits per heavy atom. The molecule has 1 aromatic rings. The minimum absolute atomic E-state index is 0.190. The van der Waals surface area contributed by atoms with E-state index >= 15 is 0 Å². The highest BCUT2D eigenvalue weighted by Gasteiger charge is 2.37. The van der Waals surface area contributed by atoms with E-state index in [1.807, 2.05) is 18.2 Å². The van der Waals surface area contributed by atoms with Crippen LogP contribution in [0.3, 0.4) is 0 Å². The van der Waals surface area contributed by atoms with Crippen molar-refractivity contribution in [1.82, 2.24) is 4.98 Å². The van der Waals surface area contributed by atoms with E-state index < -0.39 is 8.32 Å². The Bertz CT molecular complexity index is 481. The van der Waals surface area contributed by atoms with Crippen LogP contribution in [0.1, 0.15) is 38.6 Å². The van der Waals surface area contributed by atoms with Gasteiger partial charge in [-0.1, -0.05) is 26.8 Å². The summed E-state index contributed by atoms with van der Waals surface area (Å²) < 4.78 is 10.8. The van der Waals surface area contributed by atoms with E-state index in [-0.39, 0.29) is 11.0 Å². The Labute approximate surface area is 129 Å². The van der Waals surface area contributed by atoms with Gasteiger partial charge in [-0.15, -0.1) is 0 Å². The maximum absolute atomic E-state index is 11.2. The summed E-state index contributed by atoms with van der Waals surface area (Å²) in [6.07, 6.45) is 0.955. The molecule has 0 aliphatic rings. The first kappa shape index (κ1) is 17.8. The molecule has 21 heavy (non-hydrogen) atoms. The van der Waals surface area contributed by atoms with E-state index in [4.69, 9.17) is 4.43 Å². The van der Waals surface area contributed by atoms with E-state index in [1.54, 1.807) is 0 Å². The van der Waals surface area contributed by atoms with Crippen LogP contribution in [0.2, 0.25) is 18.1 Å². The fourth-order valence-electron chi connectivity index (χ4n) is 1.55. The van der Waals surface area contributed by atoms with Gasteiger partial charge in [-0.3, -0.25) is 9.78 Å². The van der Waals surface area contributed by atoms with Gasteiger partial charge in [-0.05, 0) is 30.3 Å². The third-order valence-corrected chi connectivity index (χ3v) is 8.54. The minimum atomic E-state index is -1.76. The monoisotopic (exact) mass is 309 g/mol. The second-order valence-corrected chi connectivity index (χ2v) is 11.6. The molecule has 1 heterocycles. The number of rotatable bonds is 6. The lowest BCUT2D eigenvalue weighted by Crippen LogP contribution is -2.40. The van der Waals surface area contributed by atoms with Gasteiger partial charge in [0.05, 0.1) is 25.8 Å². The van der Waals surface area contributed by atoms with Crippen LogP contribution in [0.15, 0.2) is 18.2 Å². The van der Waals surface area contributed by atoms with Gasteiger partial charge in [-0.2, -0.15) is 0 Å². The van der Waals surface area contributed by atoms with Crippen molar-refractivity contribution in [1.29, 1.82) is 0 Å². The van der Waals surface area contributed by atoms with E-state index in [0.717, 1.165) is 11.4 Å². The van der Waals surface area contributed by atoms with Crippen molar-refractivity contribution in [2.75, 3.05) is 7.11 Å². The van der Waals surface area contributed by atoms with Crippen LogP contribution >= 0.6 is 0 Å². The van der Waals surface area contributed by atoms with Crippen LogP contribution in [0.5, 0.6) is 0 Å². The van der Waals surface area contributed by atoms with Gasteiger partial charge in [0.15, 0.2) is 8.32 Å². The SMILES string of the molecule is COC(=O)CCc1cccc(CO[Si](C)(C)C(C)(C)C)n1. The predicted octanol–water partition coefficient (Wildman–Crippen LogP) is 3.71. The van der Waals surface area contributed by atoms with E-state index in [9.17, 15) is 4.79 Å². The summed E-state index contributed by atoms with van der Waals surface area (Å²) in [4.78, 5) is 15.7. The minimum Gasteiger partial charge on any atom is -0.469 e. The molecule has 0 aliphatic carbocycles. The summed E-state index contributed by atoms with van der Waals surface area (Å²) in [5, 5.41) is 0.190. The van der Waals surface area contributed by atoms with Crippen molar-refractivity contribution in [2.24, 2.45) is 0 Å². The molecule has 0 unspecified atom stereocenters. The Morgan fingerprint density at radius 1 is 1.24 bits per heavy atom. The summed E-state index contributed by atoms with van der Waals surface area (Å²) in [6.45, 7) is 11.7. The molecule has 4 nitrogen and oxygen atoms in total. The molecule has 0 aromatic carbocycles. The van der Waals surface area contributed by atoms with Gasteiger partial charge < -0.3 is 9.16 Å². The van der Waals surface area contributed by atoms with Gasteiger partial charge in [0.2, 0.25) is 0 Å². The number of aromatic nitrogens is 1. The molecule has 118 valence electrons. The summed E-state index contributed by atoms with van der Waals surface area (Å²) in [6, 6.07) is 5.86. The maximum Gasteiger partial charge on any atom is 0.305 e. The van der Waals surface area contributed by atoms with Crippen molar-refractivity contribution < 1.29 is 14.0 Å². The number of hydrogen-bond acceptors (Lipinski definition) is 4. The lowest BCUT2D eigenvalue weighted by Gasteiger charge is -2.36. The molecule has 0 fully saturated rings. The van der Waals surface area contributed by atoms with Gasteiger partial charge in [0.25, 0.3) is 0 Å². The van der Waals surface area contributed by atoms with E-state index in [1.165, 1.54) is 7.11 Å². The molecule has 0 radical (unpaired) electrons. The van der Waals surface area contributed by atoms with Crippen molar-refractivity contribution in [3.8, 4) is 0 Å². The Hall–Kier alpha value is -1.20.